The minimum absolute atomic E-state index is 0.00926. The van der Waals surface area contributed by atoms with Gasteiger partial charge in [-0.15, -0.1) is 0 Å². The lowest BCUT2D eigenvalue weighted by atomic mass is 10.1. The molecule has 1 atom stereocenters. The molecule has 0 aliphatic carbocycles. The summed E-state index contributed by atoms with van der Waals surface area (Å²) in [4.78, 5) is 15.9. The third kappa shape index (κ3) is 5.04. The Morgan fingerprint density at radius 1 is 1.63 bits per heavy atom. The minimum atomic E-state index is -0.233. The van der Waals surface area contributed by atoms with Gasteiger partial charge in [-0.3, -0.25) is 4.79 Å². The van der Waals surface area contributed by atoms with Gasteiger partial charge in [-0.2, -0.15) is 0 Å². The van der Waals surface area contributed by atoms with Crippen molar-refractivity contribution in [2.24, 2.45) is 0 Å². The number of aliphatic hydroxyl groups is 1. The first kappa shape index (κ1) is 15.7. The standard InChI is InChI=1S/C13H19ClN2O3/c1-3-19-13-11(14)7-10(8-15-13)12(18)16-9(2)5-4-6-17/h7-9,17H,3-6H2,1-2H3,(H,16,18). The predicted molar refractivity (Wildman–Crippen MR) is 73.7 cm³/mol. The van der Waals surface area contributed by atoms with E-state index in [4.69, 9.17) is 21.4 Å². The lowest BCUT2D eigenvalue weighted by Gasteiger charge is -2.13. The quantitative estimate of drug-likeness (QED) is 0.804. The van der Waals surface area contributed by atoms with Gasteiger partial charge < -0.3 is 15.2 Å². The van der Waals surface area contributed by atoms with E-state index in [0.29, 0.717) is 29.5 Å². The first-order valence-corrected chi connectivity index (χ1v) is 6.66. The van der Waals surface area contributed by atoms with E-state index in [2.05, 4.69) is 10.3 Å². The van der Waals surface area contributed by atoms with Crippen molar-refractivity contribution in [1.29, 1.82) is 0 Å². The van der Waals surface area contributed by atoms with Crippen LogP contribution in [0.25, 0.3) is 0 Å². The van der Waals surface area contributed by atoms with E-state index in [1.54, 1.807) is 0 Å². The molecule has 0 aliphatic rings. The summed E-state index contributed by atoms with van der Waals surface area (Å²) in [5, 5.41) is 11.9. The highest BCUT2D eigenvalue weighted by Crippen LogP contribution is 2.22. The Morgan fingerprint density at radius 3 is 2.95 bits per heavy atom. The van der Waals surface area contributed by atoms with E-state index in [-0.39, 0.29) is 18.6 Å². The van der Waals surface area contributed by atoms with Gasteiger partial charge in [0, 0.05) is 18.8 Å². The highest BCUT2D eigenvalue weighted by molar-refractivity contribution is 6.32. The van der Waals surface area contributed by atoms with Crippen LogP contribution in [-0.4, -0.2) is 35.3 Å². The second kappa shape index (κ2) is 7.96. The molecule has 19 heavy (non-hydrogen) atoms. The van der Waals surface area contributed by atoms with Gasteiger partial charge in [-0.1, -0.05) is 11.6 Å². The fraction of sp³-hybridized carbons (Fsp3) is 0.538. The summed E-state index contributed by atoms with van der Waals surface area (Å²) < 4.78 is 5.20. The van der Waals surface area contributed by atoms with E-state index in [1.165, 1.54) is 12.3 Å². The molecular formula is C13H19ClN2O3. The second-order valence-electron chi connectivity index (χ2n) is 4.18. The van der Waals surface area contributed by atoms with Gasteiger partial charge >= 0.3 is 0 Å². The molecule has 0 bridgehead atoms. The van der Waals surface area contributed by atoms with Crippen LogP contribution in [0.4, 0.5) is 0 Å². The smallest absolute Gasteiger partial charge is 0.253 e. The Labute approximate surface area is 117 Å². The highest BCUT2D eigenvalue weighted by atomic mass is 35.5. The Morgan fingerprint density at radius 2 is 2.37 bits per heavy atom. The molecule has 0 fully saturated rings. The maximum Gasteiger partial charge on any atom is 0.253 e. The molecule has 0 aliphatic heterocycles. The molecule has 1 unspecified atom stereocenters. The molecular weight excluding hydrogens is 268 g/mol. The van der Waals surface area contributed by atoms with Crippen LogP contribution < -0.4 is 10.1 Å². The van der Waals surface area contributed by atoms with Crippen LogP contribution in [0.2, 0.25) is 5.02 Å². The number of amides is 1. The third-order valence-electron chi connectivity index (χ3n) is 2.52. The predicted octanol–water partition coefficient (Wildman–Crippen LogP) is 2.02. The lowest BCUT2D eigenvalue weighted by molar-refractivity contribution is 0.0936. The van der Waals surface area contributed by atoms with Crippen molar-refractivity contribution in [2.45, 2.75) is 32.7 Å². The number of halogens is 1. The van der Waals surface area contributed by atoms with E-state index in [9.17, 15) is 4.79 Å². The minimum Gasteiger partial charge on any atom is -0.477 e. The molecule has 0 saturated heterocycles. The summed E-state index contributed by atoms with van der Waals surface area (Å²) in [6.07, 6.45) is 2.81. The molecule has 0 aromatic carbocycles. The number of aliphatic hydroxyl groups excluding tert-OH is 1. The third-order valence-corrected chi connectivity index (χ3v) is 2.79. The van der Waals surface area contributed by atoms with Gasteiger partial charge in [0.05, 0.1) is 12.2 Å². The van der Waals surface area contributed by atoms with Crippen molar-refractivity contribution in [1.82, 2.24) is 10.3 Å². The first-order chi connectivity index (χ1) is 9.08. The van der Waals surface area contributed by atoms with E-state index < -0.39 is 0 Å². The average molecular weight is 287 g/mol. The van der Waals surface area contributed by atoms with Gasteiger partial charge in [0.25, 0.3) is 5.91 Å². The van der Waals surface area contributed by atoms with Crippen molar-refractivity contribution >= 4 is 17.5 Å². The van der Waals surface area contributed by atoms with E-state index in [1.807, 2.05) is 13.8 Å². The van der Waals surface area contributed by atoms with Crippen molar-refractivity contribution in [3.05, 3.63) is 22.8 Å². The largest absolute Gasteiger partial charge is 0.477 e. The Bertz CT molecular complexity index is 426. The van der Waals surface area contributed by atoms with Gasteiger partial charge in [0.1, 0.15) is 5.02 Å². The number of nitrogens with one attached hydrogen (secondary N) is 1. The SMILES string of the molecule is CCOc1ncc(C(=O)NC(C)CCCO)cc1Cl. The van der Waals surface area contributed by atoms with Crippen molar-refractivity contribution in [3.63, 3.8) is 0 Å². The number of rotatable bonds is 7. The van der Waals surface area contributed by atoms with Crippen LogP contribution in [0.1, 0.15) is 37.0 Å². The second-order valence-corrected chi connectivity index (χ2v) is 4.59. The molecule has 1 aromatic heterocycles. The van der Waals surface area contributed by atoms with Gasteiger partial charge in [0.15, 0.2) is 0 Å². The molecule has 1 aromatic rings. The molecule has 5 nitrogen and oxygen atoms in total. The lowest BCUT2D eigenvalue weighted by Crippen LogP contribution is -2.32. The first-order valence-electron chi connectivity index (χ1n) is 6.28. The Balaban J connectivity index is 2.64. The molecule has 1 heterocycles. The van der Waals surface area contributed by atoms with Gasteiger partial charge in [0.2, 0.25) is 5.88 Å². The molecule has 106 valence electrons. The summed E-state index contributed by atoms with van der Waals surface area (Å²) in [5.74, 6) is 0.0944. The van der Waals surface area contributed by atoms with Crippen LogP contribution in [0, 0.1) is 0 Å². The normalized spacial score (nSPS) is 12.0. The van der Waals surface area contributed by atoms with Crippen LogP contribution >= 0.6 is 11.6 Å². The zero-order valence-electron chi connectivity index (χ0n) is 11.1. The van der Waals surface area contributed by atoms with E-state index >= 15 is 0 Å². The van der Waals surface area contributed by atoms with E-state index in [0.717, 1.165) is 6.42 Å². The molecule has 0 saturated carbocycles. The molecule has 0 radical (unpaired) electrons. The number of hydrogen-bond donors (Lipinski definition) is 2. The summed E-state index contributed by atoms with van der Waals surface area (Å²) in [7, 11) is 0. The molecule has 0 spiro atoms. The number of aromatic nitrogens is 1. The maximum atomic E-state index is 11.9. The van der Waals surface area contributed by atoms with Crippen LogP contribution in [0.3, 0.4) is 0 Å². The Kier molecular flexibility index (Phi) is 6.59. The van der Waals surface area contributed by atoms with Crippen molar-refractivity contribution in [3.8, 4) is 5.88 Å². The summed E-state index contributed by atoms with van der Waals surface area (Å²) in [6, 6.07) is 1.53. The fourth-order valence-electron chi connectivity index (χ4n) is 1.57. The number of carbonyl (C=O) groups excluding carboxylic acids is 1. The molecule has 1 amide bonds. The topological polar surface area (TPSA) is 71.5 Å². The van der Waals surface area contributed by atoms with Gasteiger partial charge in [-0.25, -0.2) is 4.98 Å². The van der Waals surface area contributed by atoms with Crippen LogP contribution in [0.15, 0.2) is 12.3 Å². The molecule has 2 N–H and O–H groups in total. The monoisotopic (exact) mass is 286 g/mol. The number of hydrogen-bond acceptors (Lipinski definition) is 4. The van der Waals surface area contributed by atoms with Gasteiger partial charge in [-0.05, 0) is 32.8 Å². The van der Waals surface area contributed by atoms with Crippen molar-refractivity contribution < 1.29 is 14.6 Å². The Hall–Kier alpha value is -1.33. The summed E-state index contributed by atoms with van der Waals surface area (Å²) in [6.45, 7) is 4.31. The number of carbonyl (C=O) groups is 1. The zero-order chi connectivity index (χ0) is 14.3. The molecule has 6 heteroatoms. The number of ether oxygens (including phenoxy) is 1. The fourth-order valence-corrected chi connectivity index (χ4v) is 1.79. The summed E-state index contributed by atoms with van der Waals surface area (Å²) >= 11 is 5.97. The summed E-state index contributed by atoms with van der Waals surface area (Å²) in [5.41, 5.74) is 0.393. The van der Waals surface area contributed by atoms with Crippen molar-refractivity contribution in [2.75, 3.05) is 13.2 Å². The van der Waals surface area contributed by atoms with Crippen LogP contribution in [0.5, 0.6) is 5.88 Å². The molecule has 1 rings (SSSR count). The highest BCUT2D eigenvalue weighted by Gasteiger charge is 2.12. The maximum absolute atomic E-state index is 11.9. The number of pyridine rings is 1. The zero-order valence-corrected chi connectivity index (χ0v) is 11.9. The number of nitrogens with zero attached hydrogens (tertiary/aromatic N) is 1. The van der Waals surface area contributed by atoms with Crippen LogP contribution in [-0.2, 0) is 0 Å². The average Bonchev–Trinajstić information content (AvgIpc) is 2.38.